The van der Waals surface area contributed by atoms with Crippen LogP contribution in [0.5, 0.6) is 0 Å². The number of halogens is 1. The molecule has 0 aliphatic heterocycles. The van der Waals surface area contributed by atoms with Crippen LogP contribution in [0.25, 0.3) is 23.4 Å². The Kier molecular flexibility index (Phi) is 6.52. The number of anilines is 1. The Morgan fingerprint density at radius 1 is 1.26 bits per heavy atom. The van der Waals surface area contributed by atoms with Crippen molar-refractivity contribution in [3.05, 3.63) is 84.3 Å². The molecule has 0 atom stereocenters. The molecule has 1 aromatic carbocycles. The van der Waals surface area contributed by atoms with Crippen molar-refractivity contribution in [3.63, 3.8) is 0 Å². The second kappa shape index (κ2) is 9.55. The zero-order valence-electron chi connectivity index (χ0n) is 18.8. The normalized spacial score (nSPS) is 11.4. The van der Waals surface area contributed by atoms with Crippen molar-refractivity contribution in [2.45, 2.75) is 18.4 Å². The minimum absolute atomic E-state index is 0.0650. The van der Waals surface area contributed by atoms with E-state index in [0.717, 1.165) is 0 Å². The summed E-state index contributed by atoms with van der Waals surface area (Å²) in [4.78, 5) is 12.3. The molecule has 0 bridgehead atoms. The lowest BCUT2D eigenvalue weighted by atomic mass is 10.1. The van der Waals surface area contributed by atoms with E-state index in [2.05, 4.69) is 33.8 Å². The van der Waals surface area contributed by atoms with Gasteiger partial charge in [0.25, 0.3) is 0 Å². The fraction of sp³-hybridized carbons (Fsp3) is 0.125. The number of amides is 1. The maximum Gasteiger partial charge on any atom is 0.241 e. The summed E-state index contributed by atoms with van der Waals surface area (Å²) in [5, 5.41) is 12.6. The Hall–Kier alpha value is -4.25. The highest BCUT2D eigenvalue weighted by Gasteiger charge is 2.26. The Balaban J connectivity index is 1.64. The van der Waals surface area contributed by atoms with Crippen molar-refractivity contribution >= 4 is 33.7 Å². The number of aryl methyl sites for hydroxylation is 1. The maximum absolute atomic E-state index is 14.4. The maximum atomic E-state index is 14.4. The van der Waals surface area contributed by atoms with Gasteiger partial charge in [-0.3, -0.25) is 9.89 Å². The largest absolute Gasteiger partial charge is 0.360 e. The van der Waals surface area contributed by atoms with E-state index in [4.69, 9.17) is 4.52 Å². The number of carbonyl (C=O) groups is 1. The lowest BCUT2D eigenvalue weighted by molar-refractivity contribution is -0.113. The summed E-state index contributed by atoms with van der Waals surface area (Å²) in [6.45, 7) is 9.40. The minimum atomic E-state index is -4.05. The molecule has 4 aromatic rings. The van der Waals surface area contributed by atoms with Gasteiger partial charge in [-0.25, -0.2) is 12.8 Å². The first kappa shape index (κ1) is 23.9. The van der Waals surface area contributed by atoms with Gasteiger partial charge in [0.05, 0.1) is 10.6 Å². The van der Waals surface area contributed by atoms with Crippen molar-refractivity contribution in [2.75, 3.05) is 11.1 Å². The standard InChI is InChI=1S/C24H22FN5O4S/c1-4-17-21(5-2)30(12-16-6-7-19(25)18(11-16)20-8-9-26-28-20)13-22(17)35(32,33)14-24(31)27-23-10-15(3)34-29-23/h4-11,13H,1-2,12,14H2,3H3,(H,26,28)(H,27,29,31). The Bertz CT molecular complexity index is 1520. The second-order valence-electron chi connectivity index (χ2n) is 7.74. The van der Waals surface area contributed by atoms with Gasteiger partial charge in [-0.15, -0.1) is 0 Å². The number of aromatic amines is 1. The molecule has 4 rings (SSSR count). The number of H-pyrrole nitrogens is 1. The fourth-order valence-electron chi connectivity index (χ4n) is 3.71. The van der Waals surface area contributed by atoms with Gasteiger partial charge in [-0.05, 0) is 36.8 Å². The van der Waals surface area contributed by atoms with E-state index < -0.39 is 27.3 Å². The van der Waals surface area contributed by atoms with Gasteiger partial charge in [0.15, 0.2) is 15.7 Å². The molecule has 11 heteroatoms. The van der Waals surface area contributed by atoms with Crippen LogP contribution < -0.4 is 5.32 Å². The van der Waals surface area contributed by atoms with Crippen LogP contribution in [0, 0.1) is 12.7 Å². The van der Waals surface area contributed by atoms with Gasteiger partial charge in [0, 0.05) is 41.8 Å². The first-order valence-corrected chi connectivity index (χ1v) is 12.1. The molecule has 0 saturated heterocycles. The highest BCUT2D eigenvalue weighted by Crippen LogP contribution is 2.28. The van der Waals surface area contributed by atoms with E-state index in [1.165, 1.54) is 36.7 Å². The summed E-state index contributed by atoms with van der Waals surface area (Å²) >= 11 is 0. The Morgan fingerprint density at radius 3 is 2.69 bits per heavy atom. The Morgan fingerprint density at radius 2 is 2.06 bits per heavy atom. The minimum Gasteiger partial charge on any atom is -0.360 e. The van der Waals surface area contributed by atoms with E-state index in [0.29, 0.717) is 33.8 Å². The van der Waals surface area contributed by atoms with E-state index >= 15 is 0 Å². The van der Waals surface area contributed by atoms with Crippen LogP contribution in [-0.2, 0) is 21.2 Å². The van der Waals surface area contributed by atoms with Crippen LogP contribution >= 0.6 is 0 Å². The summed E-state index contributed by atoms with van der Waals surface area (Å²) in [6.07, 6.45) is 5.86. The summed E-state index contributed by atoms with van der Waals surface area (Å²) in [5.74, 6) is -1.38. The second-order valence-corrected chi connectivity index (χ2v) is 9.70. The SMILES string of the molecule is C=Cc1c(S(=O)(=O)CC(=O)Nc2cc(C)on2)cn(Cc2ccc(F)c(-c3ccn[nH]3)c2)c1C=C. The number of carbonyl (C=O) groups excluding carboxylic acids is 1. The van der Waals surface area contributed by atoms with Crippen LogP contribution in [0.3, 0.4) is 0 Å². The number of hydrogen-bond acceptors (Lipinski definition) is 6. The molecule has 3 heterocycles. The molecule has 0 radical (unpaired) electrons. The molecule has 0 aliphatic rings. The van der Waals surface area contributed by atoms with Crippen LogP contribution in [-0.4, -0.2) is 40.0 Å². The van der Waals surface area contributed by atoms with Gasteiger partial charge in [-0.1, -0.05) is 30.5 Å². The van der Waals surface area contributed by atoms with Crippen molar-refractivity contribution in [2.24, 2.45) is 0 Å². The average molecular weight is 496 g/mol. The summed E-state index contributed by atoms with van der Waals surface area (Å²) in [6, 6.07) is 7.73. The molecule has 1 amide bonds. The molecule has 9 nitrogen and oxygen atoms in total. The van der Waals surface area contributed by atoms with Crippen molar-refractivity contribution in [3.8, 4) is 11.3 Å². The van der Waals surface area contributed by atoms with Crippen LogP contribution in [0.4, 0.5) is 10.2 Å². The molecule has 35 heavy (non-hydrogen) atoms. The van der Waals surface area contributed by atoms with E-state index in [-0.39, 0.29) is 17.3 Å². The average Bonchev–Trinajstić information content (AvgIpc) is 3.55. The highest BCUT2D eigenvalue weighted by molar-refractivity contribution is 7.92. The quantitative estimate of drug-likeness (QED) is 0.361. The van der Waals surface area contributed by atoms with Crippen LogP contribution in [0.2, 0.25) is 0 Å². The lowest BCUT2D eigenvalue weighted by Crippen LogP contribution is -2.23. The first-order valence-electron chi connectivity index (χ1n) is 10.4. The zero-order valence-corrected chi connectivity index (χ0v) is 19.6. The van der Waals surface area contributed by atoms with Crippen LogP contribution in [0.15, 0.2) is 65.3 Å². The first-order chi connectivity index (χ1) is 16.7. The molecular formula is C24H22FN5O4S. The number of nitrogens with one attached hydrogen (secondary N) is 2. The van der Waals surface area contributed by atoms with Crippen molar-refractivity contribution < 1.29 is 22.1 Å². The molecule has 0 saturated carbocycles. The van der Waals surface area contributed by atoms with E-state index in [1.807, 2.05) is 0 Å². The third-order valence-corrected chi connectivity index (χ3v) is 6.89. The number of benzene rings is 1. The van der Waals surface area contributed by atoms with E-state index in [1.54, 1.807) is 29.7 Å². The Labute approximate surface area is 200 Å². The third-order valence-electron chi connectivity index (χ3n) is 5.25. The van der Waals surface area contributed by atoms with Crippen LogP contribution in [0.1, 0.15) is 22.6 Å². The molecule has 2 N–H and O–H groups in total. The van der Waals surface area contributed by atoms with Gasteiger partial charge >= 0.3 is 0 Å². The lowest BCUT2D eigenvalue weighted by Gasteiger charge is -2.09. The van der Waals surface area contributed by atoms with Crippen molar-refractivity contribution in [1.29, 1.82) is 0 Å². The molecule has 0 unspecified atom stereocenters. The summed E-state index contributed by atoms with van der Waals surface area (Å²) < 4.78 is 47.2. The van der Waals surface area contributed by atoms with Gasteiger partial charge in [-0.2, -0.15) is 5.10 Å². The molecule has 0 spiro atoms. The third kappa shape index (κ3) is 4.99. The number of aromatic nitrogens is 4. The molecule has 0 fully saturated rings. The van der Waals surface area contributed by atoms with Gasteiger partial charge in [0.1, 0.15) is 17.3 Å². The molecule has 3 aromatic heterocycles. The summed E-state index contributed by atoms with van der Waals surface area (Å²) in [7, 11) is -4.05. The molecule has 0 aliphatic carbocycles. The number of nitrogens with zero attached hydrogens (tertiary/aromatic N) is 3. The van der Waals surface area contributed by atoms with Crippen molar-refractivity contribution in [1.82, 2.24) is 19.9 Å². The van der Waals surface area contributed by atoms with Gasteiger partial charge < -0.3 is 14.4 Å². The smallest absolute Gasteiger partial charge is 0.241 e. The highest BCUT2D eigenvalue weighted by atomic mass is 32.2. The molecule has 180 valence electrons. The number of hydrogen-bond donors (Lipinski definition) is 2. The molecular weight excluding hydrogens is 473 g/mol. The predicted octanol–water partition coefficient (Wildman–Crippen LogP) is 4.06. The summed E-state index contributed by atoms with van der Waals surface area (Å²) in [5.41, 5.74) is 2.39. The topological polar surface area (TPSA) is 123 Å². The van der Waals surface area contributed by atoms with E-state index in [9.17, 15) is 17.6 Å². The fourth-order valence-corrected chi connectivity index (χ4v) is 5.09. The zero-order chi connectivity index (χ0) is 25.2. The monoisotopic (exact) mass is 495 g/mol. The number of sulfone groups is 1. The number of rotatable bonds is 9. The predicted molar refractivity (Wildman–Crippen MR) is 130 cm³/mol. The van der Waals surface area contributed by atoms with Gasteiger partial charge in [0.2, 0.25) is 5.91 Å².